The van der Waals surface area contributed by atoms with Gasteiger partial charge in [-0.15, -0.1) is 0 Å². The van der Waals surface area contributed by atoms with Gasteiger partial charge in [-0.25, -0.2) is 5.32 Å². The van der Waals surface area contributed by atoms with Crippen LogP contribution < -0.4 is 9.88 Å². The monoisotopic (exact) mass is 357 g/mol. The average Bonchev–Trinajstić information content (AvgIpc) is 3.08. The Balaban J connectivity index is 1.89. The van der Waals surface area contributed by atoms with Crippen molar-refractivity contribution in [1.82, 2.24) is 0 Å². The highest BCUT2D eigenvalue weighted by atomic mass is 32.1. The fourth-order valence-electron chi connectivity index (χ4n) is 3.09. The summed E-state index contributed by atoms with van der Waals surface area (Å²) >= 11 is 1.73. The van der Waals surface area contributed by atoms with Gasteiger partial charge in [-0.3, -0.25) is 0 Å². The van der Waals surface area contributed by atoms with E-state index in [4.69, 9.17) is 0 Å². The lowest BCUT2D eigenvalue weighted by Gasteiger charge is -2.09. The summed E-state index contributed by atoms with van der Waals surface area (Å²) in [5, 5.41) is 6.91. The van der Waals surface area contributed by atoms with Crippen LogP contribution in [0.1, 0.15) is 11.1 Å². The molecule has 3 aromatic carbocycles. The smallest absolute Gasteiger partial charge is 0.231 e. The second kappa shape index (κ2) is 7.14. The first kappa shape index (κ1) is 16.6. The molecule has 4 aromatic rings. The molecule has 0 spiro atoms. The Labute approximate surface area is 158 Å². The highest BCUT2D eigenvalue weighted by Gasteiger charge is 2.22. The van der Waals surface area contributed by atoms with Crippen LogP contribution in [0.15, 0.2) is 84.2 Å². The number of para-hydroxylation sites is 2. The summed E-state index contributed by atoms with van der Waals surface area (Å²) in [7, 11) is 0. The molecule has 0 bridgehead atoms. The number of nitrogens with one attached hydrogen (secondary N) is 1. The zero-order chi connectivity index (χ0) is 17.9. The summed E-state index contributed by atoms with van der Waals surface area (Å²) in [4.78, 5) is 0. The van der Waals surface area contributed by atoms with E-state index in [2.05, 4.69) is 102 Å². The van der Waals surface area contributed by atoms with Gasteiger partial charge in [-0.2, -0.15) is 4.57 Å². The van der Waals surface area contributed by atoms with Gasteiger partial charge >= 0.3 is 5.13 Å². The zero-order valence-corrected chi connectivity index (χ0v) is 15.8. The number of nitrogens with zero attached hydrogens (tertiary/aromatic N) is 1. The van der Waals surface area contributed by atoms with Gasteiger partial charge in [-0.1, -0.05) is 65.4 Å². The number of thiazole rings is 1. The van der Waals surface area contributed by atoms with Gasteiger partial charge in [0.15, 0.2) is 5.69 Å². The van der Waals surface area contributed by atoms with Crippen molar-refractivity contribution in [3.05, 3.63) is 95.4 Å². The quantitative estimate of drug-likeness (QED) is 0.439. The first-order valence-electron chi connectivity index (χ1n) is 8.71. The second-order valence-corrected chi connectivity index (χ2v) is 7.26. The van der Waals surface area contributed by atoms with Gasteiger partial charge in [0.05, 0.1) is 0 Å². The molecule has 0 aliphatic carbocycles. The Morgan fingerprint density at radius 3 is 2.23 bits per heavy atom. The van der Waals surface area contributed by atoms with Crippen molar-refractivity contribution in [3.63, 3.8) is 0 Å². The van der Waals surface area contributed by atoms with E-state index in [0.717, 1.165) is 16.5 Å². The molecule has 4 rings (SSSR count). The first-order chi connectivity index (χ1) is 12.7. The van der Waals surface area contributed by atoms with Crippen molar-refractivity contribution in [2.75, 3.05) is 5.32 Å². The molecule has 1 heterocycles. The van der Waals surface area contributed by atoms with Crippen LogP contribution in [0.4, 0.5) is 10.8 Å². The summed E-state index contributed by atoms with van der Waals surface area (Å²) in [6.07, 6.45) is 0. The Morgan fingerprint density at radius 1 is 0.808 bits per heavy atom. The van der Waals surface area contributed by atoms with Crippen LogP contribution in [0.5, 0.6) is 0 Å². The van der Waals surface area contributed by atoms with Crippen molar-refractivity contribution in [1.29, 1.82) is 0 Å². The average molecular weight is 358 g/mol. The van der Waals surface area contributed by atoms with E-state index in [1.165, 1.54) is 22.4 Å². The Morgan fingerprint density at radius 2 is 1.50 bits per heavy atom. The third kappa shape index (κ3) is 3.26. The van der Waals surface area contributed by atoms with Crippen molar-refractivity contribution >= 4 is 22.2 Å². The molecule has 0 atom stereocenters. The molecule has 0 amide bonds. The van der Waals surface area contributed by atoms with Crippen LogP contribution >= 0.6 is 11.3 Å². The molecule has 0 saturated heterocycles. The number of hydrogen-bond acceptors (Lipinski definition) is 2. The van der Waals surface area contributed by atoms with Crippen LogP contribution in [-0.4, -0.2) is 0 Å². The van der Waals surface area contributed by atoms with E-state index >= 15 is 0 Å². The lowest BCUT2D eigenvalue weighted by atomic mass is 10.0. The SMILES string of the molecule is Cc1ccc(C)c(-c2csc(Nc3ccccc3)[n+]2-c2ccccc2)c1. The second-order valence-electron chi connectivity index (χ2n) is 6.41. The molecule has 0 unspecified atom stereocenters. The van der Waals surface area contributed by atoms with Gasteiger partial charge in [0, 0.05) is 10.9 Å². The predicted molar refractivity (Wildman–Crippen MR) is 110 cm³/mol. The zero-order valence-electron chi connectivity index (χ0n) is 14.9. The van der Waals surface area contributed by atoms with E-state index in [0.29, 0.717) is 0 Å². The number of aryl methyl sites for hydroxylation is 2. The fourth-order valence-corrected chi connectivity index (χ4v) is 4.03. The van der Waals surface area contributed by atoms with Gasteiger partial charge in [0.2, 0.25) is 0 Å². The normalized spacial score (nSPS) is 10.7. The van der Waals surface area contributed by atoms with Crippen LogP contribution in [0, 0.1) is 13.8 Å². The Bertz CT molecular complexity index is 1020. The molecule has 0 aliphatic heterocycles. The lowest BCUT2D eigenvalue weighted by Crippen LogP contribution is -2.33. The largest absolute Gasteiger partial charge is 0.344 e. The van der Waals surface area contributed by atoms with Crippen molar-refractivity contribution in [2.24, 2.45) is 0 Å². The molecule has 3 heteroatoms. The highest BCUT2D eigenvalue weighted by molar-refractivity contribution is 7.13. The molecule has 0 radical (unpaired) electrons. The minimum Gasteiger partial charge on any atom is -0.231 e. The molecule has 0 fully saturated rings. The first-order valence-corrected chi connectivity index (χ1v) is 9.59. The van der Waals surface area contributed by atoms with E-state index in [9.17, 15) is 0 Å². The molecule has 128 valence electrons. The topological polar surface area (TPSA) is 15.9 Å². The number of benzene rings is 3. The third-order valence-electron chi connectivity index (χ3n) is 4.43. The minimum absolute atomic E-state index is 1.09. The summed E-state index contributed by atoms with van der Waals surface area (Å²) in [6.45, 7) is 4.32. The Kier molecular flexibility index (Phi) is 4.55. The van der Waals surface area contributed by atoms with E-state index in [-0.39, 0.29) is 0 Å². The maximum Gasteiger partial charge on any atom is 0.344 e. The summed E-state index contributed by atoms with van der Waals surface area (Å²) in [6, 6.07) is 27.5. The summed E-state index contributed by atoms with van der Waals surface area (Å²) < 4.78 is 2.30. The van der Waals surface area contributed by atoms with E-state index < -0.39 is 0 Å². The van der Waals surface area contributed by atoms with Crippen LogP contribution in [-0.2, 0) is 0 Å². The van der Waals surface area contributed by atoms with Crippen molar-refractivity contribution in [2.45, 2.75) is 13.8 Å². The van der Waals surface area contributed by atoms with Crippen LogP contribution in [0.2, 0.25) is 0 Å². The molecule has 0 aliphatic rings. The summed E-state index contributed by atoms with van der Waals surface area (Å²) in [5.74, 6) is 0. The minimum atomic E-state index is 1.09. The maximum absolute atomic E-state index is 3.58. The molecule has 26 heavy (non-hydrogen) atoms. The van der Waals surface area contributed by atoms with Crippen LogP contribution in [0.3, 0.4) is 0 Å². The van der Waals surface area contributed by atoms with E-state index in [1.807, 2.05) is 6.07 Å². The number of anilines is 2. The maximum atomic E-state index is 3.58. The van der Waals surface area contributed by atoms with E-state index in [1.54, 1.807) is 11.3 Å². The molecule has 0 saturated carbocycles. The van der Waals surface area contributed by atoms with Crippen molar-refractivity contribution in [3.8, 4) is 16.9 Å². The molecule has 1 aromatic heterocycles. The predicted octanol–water partition coefficient (Wildman–Crippen LogP) is 6.05. The number of hydrogen-bond donors (Lipinski definition) is 1. The fraction of sp³-hybridized carbons (Fsp3) is 0.0870. The van der Waals surface area contributed by atoms with Crippen molar-refractivity contribution < 1.29 is 4.57 Å². The van der Waals surface area contributed by atoms with Gasteiger partial charge in [-0.05, 0) is 49.7 Å². The van der Waals surface area contributed by atoms with Gasteiger partial charge in [0.1, 0.15) is 11.4 Å². The standard InChI is InChI=1S/C23H20N2S/c1-17-13-14-18(2)21(15-17)22-16-26-23(24-19-9-5-3-6-10-19)25(22)20-11-7-4-8-12-20/h3-16H,1-2H3/p+1. The highest BCUT2D eigenvalue weighted by Crippen LogP contribution is 2.30. The third-order valence-corrected chi connectivity index (χ3v) is 5.28. The van der Waals surface area contributed by atoms with Gasteiger partial charge in [0.25, 0.3) is 0 Å². The Hall–Kier alpha value is -2.91. The number of aromatic nitrogens is 1. The lowest BCUT2D eigenvalue weighted by molar-refractivity contribution is -0.563. The van der Waals surface area contributed by atoms with Crippen LogP contribution in [0.25, 0.3) is 16.9 Å². The molecule has 1 N–H and O–H groups in total. The molecular weight excluding hydrogens is 336 g/mol. The molecule has 2 nitrogen and oxygen atoms in total. The van der Waals surface area contributed by atoms with Gasteiger partial charge < -0.3 is 0 Å². The summed E-state index contributed by atoms with van der Waals surface area (Å²) in [5.41, 5.74) is 7.28. The number of rotatable bonds is 4. The molecular formula is C23H21N2S+.